The molecule has 1 saturated heterocycles. The van der Waals surface area contributed by atoms with Gasteiger partial charge in [0.2, 0.25) is 0 Å². The molecule has 0 amide bonds. The highest BCUT2D eigenvalue weighted by molar-refractivity contribution is 5.71. The van der Waals surface area contributed by atoms with Gasteiger partial charge in [0.15, 0.2) is 5.82 Å². The number of aromatic nitrogens is 4. The van der Waals surface area contributed by atoms with E-state index >= 15 is 0 Å². The molecule has 2 atom stereocenters. The summed E-state index contributed by atoms with van der Waals surface area (Å²) in [5.41, 5.74) is 0. The maximum atomic E-state index is 11.0. The SMILES string of the molecule is CN(Cc1nnn(C)n1)C1COCC1C(=O)O. The van der Waals surface area contributed by atoms with E-state index in [-0.39, 0.29) is 12.6 Å². The van der Waals surface area contributed by atoms with Gasteiger partial charge in [-0.3, -0.25) is 9.69 Å². The van der Waals surface area contributed by atoms with Crippen LogP contribution < -0.4 is 0 Å². The molecule has 1 aromatic rings. The number of rotatable bonds is 4. The van der Waals surface area contributed by atoms with E-state index in [1.807, 2.05) is 11.9 Å². The predicted octanol–water partition coefficient (Wildman–Crippen LogP) is -1.26. The Morgan fingerprint density at radius 1 is 1.65 bits per heavy atom. The lowest BCUT2D eigenvalue weighted by molar-refractivity contribution is -0.143. The van der Waals surface area contributed by atoms with Crippen molar-refractivity contribution in [1.29, 1.82) is 0 Å². The summed E-state index contributed by atoms with van der Waals surface area (Å²) in [4.78, 5) is 14.3. The molecule has 0 bridgehead atoms. The maximum Gasteiger partial charge on any atom is 0.310 e. The van der Waals surface area contributed by atoms with Gasteiger partial charge in [0.05, 0.1) is 32.7 Å². The Balaban J connectivity index is 1.99. The summed E-state index contributed by atoms with van der Waals surface area (Å²) in [7, 11) is 3.53. The van der Waals surface area contributed by atoms with Crippen LogP contribution in [-0.4, -0.2) is 62.5 Å². The largest absolute Gasteiger partial charge is 0.481 e. The fourth-order valence-corrected chi connectivity index (χ4v) is 1.94. The van der Waals surface area contributed by atoms with Gasteiger partial charge in [-0.25, -0.2) is 0 Å². The number of hydrogen-bond acceptors (Lipinski definition) is 6. The standard InChI is InChI=1S/C9H15N5O3/c1-13(3-8-10-12-14(2)11-8)7-5-17-4-6(7)9(15)16/h6-7H,3-5H2,1-2H3,(H,15,16). The minimum atomic E-state index is -0.827. The van der Waals surface area contributed by atoms with E-state index in [1.165, 1.54) is 4.80 Å². The Bertz CT molecular complexity index is 407. The third kappa shape index (κ3) is 2.59. The number of nitrogens with zero attached hydrogens (tertiary/aromatic N) is 5. The van der Waals surface area contributed by atoms with Crippen LogP contribution in [0.5, 0.6) is 0 Å². The van der Waals surface area contributed by atoms with Crippen molar-refractivity contribution in [2.45, 2.75) is 12.6 Å². The van der Waals surface area contributed by atoms with Crippen LogP contribution in [0.3, 0.4) is 0 Å². The summed E-state index contributed by atoms with van der Waals surface area (Å²) in [5.74, 6) is -0.742. The first-order chi connectivity index (χ1) is 8.08. The van der Waals surface area contributed by atoms with Gasteiger partial charge in [-0.2, -0.15) is 4.80 Å². The van der Waals surface area contributed by atoms with E-state index in [0.29, 0.717) is 19.0 Å². The van der Waals surface area contributed by atoms with Crippen molar-refractivity contribution in [3.8, 4) is 0 Å². The highest BCUT2D eigenvalue weighted by atomic mass is 16.5. The van der Waals surface area contributed by atoms with Gasteiger partial charge in [-0.15, -0.1) is 10.2 Å². The number of carbonyl (C=O) groups is 1. The van der Waals surface area contributed by atoms with Crippen molar-refractivity contribution in [2.75, 3.05) is 20.3 Å². The molecule has 1 aliphatic heterocycles. The Morgan fingerprint density at radius 3 is 3.00 bits per heavy atom. The van der Waals surface area contributed by atoms with E-state index in [0.717, 1.165) is 0 Å². The first kappa shape index (κ1) is 11.9. The molecule has 94 valence electrons. The van der Waals surface area contributed by atoms with Crippen LogP contribution in [0.25, 0.3) is 0 Å². The minimum Gasteiger partial charge on any atom is -0.481 e. The van der Waals surface area contributed by atoms with Crippen LogP contribution in [0.4, 0.5) is 0 Å². The smallest absolute Gasteiger partial charge is 0.310 e. The molecule has 1 aliphatic rings. The summed E-state index contributed by atoms with van der Waals surface area (Å²) < 4.78 is 5.21. The van der Waals surface area contributed by atoms with Crippen molar-refractivity contribution in [1.82, 2.24) is 25.1 Å². The van der Waals surface area contributed by atoms with Crippen LogP contribution in [0.15, 0.2) is 0 Å². The summed E-state index contributed by atoms with van der Waals surface area (Å²) >= 11 is 0. The number of ether oxygens (including phenoxy) is 1. The normalized spacial score (nSPS) is 24.4. The average molecular weight is 241 g/mol. The molecule has 8 nitrogen and oxygen atoms in total. The summed E-state index contributed by atoms with van der Waals surface area (Å²) in [6.07, 6.45) is 0. The third-order valence-corrected chi connectivity index (χ3v) is 2.87. The van der Waals surface area contributed by atoms with E-state index in [9.17, 15) is 4.79 Å². The Kier molecular flexibility index (Phi) is 3.34. The molecule has 1 aromatic heterocycles. The minimum absolute atomic E-state index is 0.142. The first-order valence-electron chi connectivity index (χ1n) is 5.31. The van der Waals surface area contributed by atoms with Gasteiger partial charge in [0.25, 0.3) is 0 Å². The molecule has 1 fully saturated rings. The lowest BCUT2D eigenvalue weighted by atomic mass is 10.0. The number of tetrazole rings is 1. The van der Waals surface area contributed by atoms with Crippen molar-refractivity contribution < 1.29 is 14.6 Å². The Morgan fingerprint density at radius 2 is 2.41 bits per heavy atom. The van der Waals surface area contributed by atoms with Crippen LogP contribution in [0, 0.1) is 5.92 Å². The highest BCUT2D eigenvalue weighted by Gasteiger charge is 2.36. The van der Waals surface area contributed by atoms with Crippen LogP contribution in [0.2, 0.25) is 0 Å². The van der Waals surface area contributed by atoms with E-state index in [1.54, 1.807) is 7.05 Å². The van der Waals surface area contributed by atoms with Gasteiger partial charge in [0.1, 0.15) is 0 Å². The number of aliphatic carboxylic acids is 1. The molecular formula is C9H15N5O3. The van der Waals surface area contributed by atoms with Gasteiger partial charge >= 0.3 is 5.97 Å². The second-order valence-corrected chi connectivity index (χ2v) is 4.16. The van der Waals surface area contributed by atoms with Crippen LogP contribution >= 0.6 is 0 Å². The maximum absolute atomic E-state index is 11.0. The number of likely N-dealkylation sites (N-methyl/N-ethyl adjacent to an activating group) is 1. The number of aryl methyl sites for hydroxylation is 1. The average Bonchev–Trinajstić information content (AvgIpc) is 2.86. The van der Waals surface area contributed by atoms with Crippen LogP contribution in [0.1, 0.15) is 5.82 Å². The summed E-state index contributed by atoms with van der Waals surface area (Å²) in [6.45, 7) is 1.15. The molecule has 0 aliphatic carbocycles. The quantitative estimate of drug-likeness (QED) is 0.703. The second kappa shape index (κ2) is 4.76. The molecule has 0 spiro atoms. The van der Waals surface area contributed by atoms with Crippen molar-refractivity contribution in [3.05, 3.63) is 5.82 Å². The lowest BCUT2D eigenvalue weighted by Crippen LogP contribution is -2.40. The fraction of sp³-hybridized carbons (Fsp3) is 0.778. The molecule has 2 heterocycles. The monoisotopic (exact) mass is 241 g/mol. The molecule has 1 N–H and O–H groups in total. The molecular weight excluding hydrogens is 226 g/mol. The zero-order valence-electron chi connectivity index (χ0n) is 9.78. The van der Waals surface area contributed by atoms with Gasteiger partial charge in [0, 0.05) is 6.04 Å². The number of hydrogen-bond donors (Lipinski definition) is 1. The van der Waals surface area contributed by atoms with Crippen molar-refractivity contribution in [3.63, 3.8) is 0 Å². The van der Waals surface area contributed by atoms with Gasteiger partial charge in [-0.1, -0.05) is 0 Å². The topological polar surface area (TPSA) is 93.4 Å². The first-order valence-corrected chi connectivity index (χ1v) is 5.31. The van der Waals surface area contributed by atoms with E-state index < -0.39 is 11.9 Å². The number of carboxylic acids is 1. The van der Waals surface area contributed by atoms with E-state index in [4.69, 9.17) is 9.84 Å². The molecule has 8 heteroatoms. The van der Waals surface area contributed by atoms with Gasteiger partial charge < -0.3 is 9.84 Å². The third-order valence-electron chi connectivity index (χ3n) is 2.87. The summed E-state index contributed by atoms with van der Waals surface area (Å²) in [5, 5.41) is 20.7. The molecule has 17 heavy (non-hydrogen) atoms. The van der Waals surface area contributed by atoms with Crippen LogP contribution in [-0.2, 0) is 23.1 Å². The molecule has 0 aromatic carbocycles. The molecule has 2 unspecified atom stereocenters. The summed E-state index contributed by atoms with van der Waals surface area (Å²) in [6, 6.07) is -0.142. The number of carboxylic acid groups (broad SMARTS) is 1. The zero-order valence-corrected chi connectivity index (χ0v) is 9.78. The Hall–Kier alpha value is -1.54. The fourth-order valence-electron chi connectivity index (χ4n) is 1.94. The lowest BCUT2D eigenvalue weighted by Gasteiger charge is -2.24. The molecule has 0 radical (unpaired) electrons. The Labute approximate surface area is 98.2 Å². The molecule has 0 saturated carbocycles. The van der Waals surface area contributed by atoms with E-state index in [2.05, 4.69) is 15.4 Å². The van der Waals surface area contributed by atoms with Gasteiger partial charge in [-0.05, 0) is 12.3 Å². The highest BCUT2D eigenvalue weighted by Crippen LogP contribution is 2.19. The van der Waals surface area contributed by atoms with Crippen molar-refractivity contribution in [2.24, 2.45) is 13.0 Å². The second-order valence-electron chi connectivity index (χ2n) is 4.16. The molecule has 2 rings (SSSR count). The zero-order chi connectivity index (χ0) is 12.4. The van der Waals surface area contributed by atoms with Crippen molar-refractivity contribution >= 4 is 5.97 Å². The predicted molar refractivity (Wildman–Crippen MR) is 56.0 cm³/mol.